The first-order valence-corrected chi connectivity index (χ1v) is 6.72. The number of methoxy groups -OCH3 is 2. The van der Waals surface area contributed by atoms with Gasteiger partial charge in [-0.05, 0) is 24.3 Å². The molecule has 5 heteroatoms. The van der Waals surface area contributed by atoms with Crippen LogP contribution in [0.3, 0.4) is 0 Å². The number of hydrogen-bond donors (Lipinski definition) is 1. The second kappa shape index (κ2) is 6.24. The summed E-state index contributed by atoms with van der Waals surface area (Å²) in [6.07, 6.45) is -1.20. The van der Waals surface area contributed by atoms with Gasteiger partial charge in [0.05, 0.1) is 19.8 Å². The zero-order chi connectivity index (χ0) is 14.7. The van der Waals surface area contributed by atoms with Crippen molar-refractivity contribution in [2.24, 2.45) is 0 Å². The van der Waals surface area contributed by atoms with Gasteiger partial charge in [0.25, 0.3) is 0 Å². The largest absolute Gasteiger partial charge is 0.496 e. The minimum atomic E-state index is -1.20. The maximum atomic E-state index is 14.0. The van der Waals surface area contributed by atoms with Gasteiger partial charge in [-0.2, -0.15) is 0 Å². The summed E-state index contributed by atoms with van der Waals surface area (Å²) < 4.78 is 24.9. The van der Waals surface area contributed by atoms with Gasteiger partial charge in [0.2, 0.25) is 0 Å². The third-order valence-electron chi connectivity index (χ3n) is 3.01. The van der Waals surface area contributed by atoms with E-state index in [1.165, 1.54) is 20.3 Å². The summed E-state index contributed by atoms with van der Waals surface area (Å²) in [7, 11) is 2.97. The maximum Gasteiger partial charge on any atom is 0.130 e. The molecule has 1 atom stereocenters. The van der Waals surface area contributed by atoms with Crippen LogP contribution in [0.25, 0.3) is 0 Å². The van der Waals surface area contributed by atoms with Gasteiger partial charge in [-0.15, -0.1) is 0 Å². The van der Waals surface area contributed by atoms with Gasteiger partial charge in [-0.1, -0.05) is 28.1 Å². The fraction of sp³-hybridized carbons (Fsp3) is 0.200. The van der Waals surface area contributed by atoms with E-state index < -0.39 is 11.9 Å². The first kappa shape index (κ1) is 14.8. The van der Waals surface area contributed by atoms with Gasteiger partial charge < -0.3 is 14.6 Å². The number of halogens is 2. The monoisotopic (exact) mass is 340 g/mol. The normalized spacial score (nSPS) is 12.1. The summed E-state index contributed by atoms with van der Waals surface area (Å²) in [5, 5.41) is 10.5. The summed E-state index contributed by atoms with van der Waals surface area (Å²) in [5.74, 6) is 0.374. The molecule has 2 aromatic carbocycles. The predicted molar refractivity (Wildman–Crippen MR) is 77.7 cm³/mol. The van der Waals surface area contributed by atoms with Gasteiger partial charge in [-0.25, -0.2) is 4.39 Å². The molecule has 0 saturated carbocycles. The number of ether oxygens (including phenoxy) is 2. The molecule has 0 spiro atoms. The highest BCUT2D eigenvalue weighted by Gasteiger charge is 2.24. The van der Waals surface area contributed by atoms with Crippen molar-refractivity contribution in [2.45, 2.75) is 6.10 Å². The minimum absolute atomic E-state index is 0.148. The molecule has 0 saturated heterocycles. The van der Waals surface area contributed by atoms with E-state index in [0.29, 0.717) is 21.5 Å². The Morgan fingerprint density at radius 1 is 1.00 bits per heavy atom. The molecule has 0 aliphatic carbocycles. The van der Waals surface area contributed by atoms with Crippen molar-refractivity contribution in [3.8, 4) is 11.5 Å². The van der Waals surface area contributed by atoms with Crippen molar-refractivity contribution in [3.05, 3.63) is 57.8 Å². The van der Waals surface area contributed by atoms with Crippen LogP contribution in [-0.2, 0) is 0 Å². The van der Waals surface area contributed by atoms with E-state index >= 15 is 0 Å². The molecule has 0 fully saturated rings. The molecule has 0 radical (unpaired) electrons. The lowest BCUT2D eigenvalue weighted by molar-refractivity contribution is 0.203. The average molecular weight is 341 g/mol. The molecule has 0 aliphatic heterocycles. The van der Waals surface area contributed by atoms with Crippen LogP contribution in [0.1, 0.15) is 17.2 Å². The van der Waals surface area contributed by atoms with Crippen molar-refractivity contribution >= 4 is 15.9 Å². The molecular formula is C15H14BrFO3. The Kier molecular flexibility index (Phi) is 4.62. The van der Waals surface area contributed by atoms with E-state index in [-0.39, 0.29) is 5.56 Å². The third kappa shape index (κ3) is 2.64. The van der Waals surface area contributed by atoms with Crippen LogP contribution in [0.2, 0.25) is 0 Å². The molecule has 106 valence electrons. The minimum Gasteiger partial charge on any atom is -0.496 e. The van der Waals surface area contributed by atoms with Crippen LogP contribution in [0, 0.1) is 5.82 Å². The Balaban J connectivity index is 2.61. The second-order valence-electron chi connectivity index (χ2n) is 4.11. The van der Waals surface area contributed by atoms with Gasteiger partial charge in [0.15, 0.2) is 0 Å². The Bertz CT molecular complexity index is 574. The average Bonchev–Trinajstić information content (AvgIpc) is 2.45. The zero-order valence-electron chi connectivity index (χ0n) is 11.1. The topological polar surface area (TPSA) is 38.7 Å². The molecule has 1 N–H and O–H groups in total. The highest BCUT2D eigenvalue weighted by molar-refractivity contribution is 9.10. The van der Waals surface area contributed by atoms with Crippen molar-refractivity contribution < 1.29 is 19.0 Å². The summed E-state index contributed by atoms with van der Waals surface area (Å²) >= 11 is 3.26. The lowest BCUT2D eigenvalue weighted by Crippen LogP contribution is -2.07. The third-order valence-corrected chi connectivity index (χ3v) is 3.70. The predicted octanol–water partition coefficient (Wildman–Crippen LogP) is 3.69. The summed E-state index contributed by atoms with van der Waals surface area (Å²) in [5.41, 5.74) is 0.540. The molecule has 0 aromatic heterocycles. The van der Waals surface area contributed by atoms with Crippen LogP contribution in [0.4, 0.5) is 4.39 Å². The summed E-state index contributed by atoms with van der Waals surface area (Å²) in [6, 6.07) is 9.65. The summed E-state index contributed by atoms with van der Waals surface area (Å²) in [4.78, 5) is 0. The lowest BCUT2D eigenvalue weighted by Gasteiger charge is -2.19. The Morgan fingerprint density at radius 2 is 1.55 bits per heavy atom. The fourth-order valence-electron chi connectivity index (χ4n) is 2.07. The van der Waals surface area contributed by atoms with Crippen LogP contribution >= 0.6 is 15.9 Å². The standard InChI is InChI=1S/C15H14BrFO3/c1-19-11-7-4-8-12(20-2)14(11)15(18)13-9(16)5-3-6-10(13)17/h3-8,15,18H,1-2H3. The number of hydrogen-bond acceptors (Lipinski definition) is 3. The molecule has 2 aromatic rings. The molecule has 1 unspecified atom stereocenters. The zero-order valence-corrected chi connectivity index (χ0v) is 12.6. The molecular weight excluding hydrogens is 327 g/mol. The van der Waals surface area contributed by atoms with E-state index in [1.807, 2.05) is 0 Å². The van der Waals surface area contributed by atoms with Crippen molar-refractivity contribution in [1.29, 1.82) is 0 Å². The highest BCUT2D eigenvalue weighted by atomic mass is 79.9. The Morgan fingerprint density at radius 3 is 2.05 bits per heavy atom. The van der Waals surface area contributed by atoms with Gasteiger partial charge in [0, 0.05) is 10.0 Å². The maximum absolute atomic E-state index is 14.0. The van der Waals surface area contributed by atoms with Crippen molar-refractivity contribution in [3.63, 3.8) is 0 Å². The van der Waals surface area contributed by atoms with E-state index in [1.54, 1.807) is 30.3 Å². The van der Waals surface area contributed by atoms with Crippen LogP contribution in [-0.4, -0.2) is 19.3 Å². The van der Waals surface area contributed by atoms with Gasteiger partial charge in [0.1, 0.15) is 23.4 Å². The smallest absolute Gasteiger partial charge is 0.130 e. The first-order valence-electron chi connectivity index (χ1n) is 5.93. The quantitative estimate of drug-likeness (QED) is 0.922. The number of benzene rings is 2. The second-order valence-corrected chi connectivity index (χ2v) is 4.97. The molecule has 0 aliphatic rings. The summed E-state index contributed by atoms with van der Waals surface area (Å²) in [6.45, 7) is 0. The van der Waals surface area contributed by atoms with E-state index in [4.69, 9.17) is 9.47 Å². The van der Waals surface area contributed by atoms with Crippen LogP contribution in [0.15, 0.2) is 40.9 Å². The van der Waals surface area contributed by atoms with Crippen LogP contribution in [0.5, 0.6) is 11.5 Å². The molecule has 0 bridgehead atoms. The number of rotatable bonds is 4. The van der Waals surface area contributed by atoms with E-state index in [2.05, 4.69) is 15.9 Å². The van der Waals surface area contributed by atoms with Crippen LogP contribution < -0.4 is 9.47 Å². The van der Waals surface area contributed by atoms with Gasteiger partial charge in [-0.3, -0.25) is 0 Å². The van der Waals surface area contributed by atoms with Gasteiger partial charge >= 0.3 is 0 Å². The number of aliphatic hydroxyl groups is 1. The van der Waals surface area contributed by atoms with Crippen molar-refractivity contribution in [2.75, 3.05) is 14.2 Å². The van der Waals surface area contributed by atoms with E-state index in [0.717, 1.165) is 0 Å². The molecule has 0 heterocycles. The molecule has 2 rings (SSSR count). The molecule has 3 nitrogen and oxygen atoms in total. The fourth-order valence-corrected chi connectivity index (χ4v) is 2.62. The lowest BCUT2D eigenvalue weighted by atomic mass is 9.99. The molecule has 0 amide bonds. The van der Waals surface area contributed by atoms with E-state index in [9.17, 15) is 9.50 Å². The SMILES string of the molecule is COc1cccc(OC)c1C(O)c1c(F)cccc1Br. The first-order chi connectivity index (χ1) is 9.60. The van der Waals surface area contributed by atoms with Crippen molar-refractivity contribution in [1.82, 2.24) is 0 Å². The Hall–Kier alpha value is -1.59. The Labute approximate surface area is 125 Å². The highest BCUT2D eigenvalue weighted by Crippen LogP contribution is 2.40. The molecule has 20 heavy (non-hydrogen) atoms. The number of aliphatic hydroxyl groups excluding tert-OH is 1.